The van der Waals surface area contributed by atoms with Gasteiger partial charge in [0.15, 0.2) is 0 Å². The number of piperidine rings is 1. The molecular formula is C13H16N6O2. The van der Waals surface area contributed by atoms with Gasteiger partial charge < -0.3 is 10.0 Å². The molecule has 3 rings (SSSR count). The van der Waals surface area contributed by atoms with E-state index in [4.69, 9.17) is 5.11 Å². The van der Waals surface area contributed by atoms with Gasteiger partial charge in [-0.3, -0.25) is 9.36 Å². The number of carboxylic acid groups (broad SMARTS) is 1. The Labute approximate surface area is 121 Å². The Morgan fingerprint density at radius 1 is 1.24 bits per heavy atom. The van der Waals surface area contributed by atoms with Crippen molar-refractivity contribution in [1.82, 2.24) is 24.5 Å². The van der Waals surface area contributed by atoms with Crippen molar-refractivity contribution in [2.75, 3.05) is 18.0 Å². The number of aromatic nitrogens is 5. The van der Waals surface area contributed by atoms with Crippen LogP contribution in [0.4, 0.5) is 5.95 Å². The summed E-state index contributed by atoms with van der Waals surface area (Å²) in [4.78, 5) is 29.9. The van der Waals surface area contributed by atoms with Gasteiger partial charge in [0, 0.05) is 25.5 Å². The summed E-state index contributed by atoms with van der Waals surface area (Å²) in [5.41, 5.74) is 0. The molecule has 3 heterocycles. The minimum Gasteiger partial charge on any atom is -0.481 e. The minimum atomic E-state index is -0.722. The van der Waals surface area contributed by atoms with E-state index in [1.165, 1.54) is 6.33 Å². The fraction of sp³-hybridized carbons (Fsp3) is 0.462. The van der Waals surface area contributed by atoms with Crippen molar-refractivity contribution in [3.05, 3.63) is 24.5 Å². The van der Waals surface area contributed by atoms with Crippen LogP contribution in [0.3, 0.4) is 0 Å². The molecule has 1 aliphatic heterocycles. The van der Waals surface area contributed by atoms with Crippen molar-refractivity contribution in [1.29, 1.82) is 0 Å². The Bertz CT molecular complexity index is 648. The van der Waals surface area contributed by atoms with Crippen molar-refractivity contribution >= 4 is 11.9 Å². The normalized spacial score (nSPS) is 16.1. The maximum Gasteiger partial charge on any atom is 0.306 e. The first-order chi connectivity index (χ1) is 10.1. The summed E-state index contributed by atoms with van der Waals surface area (Å²) in [6.07, 6.45) is 6.18. The Morgan fingerprint density at radius 3 is 2.57 bits per heavy atom. The molecule has 8 nitrogen and oxygen atoms in total. The van der Waals surface area contributed by atoms with Crippen LogP contribution >= 0.6 is 0 Å². The fourth-order valence-corrected chi connectivity index (χ4v) is 2.46. The molecule has 2 aromatic rings. The summed E-state index contributed by atoms with van der Waals surface area (Å²) in [5, 5.41) is 9.02. The third-order valence-electron chi connectivity index (χ3n) is 3.71. The maximum absolute atomic E-state index is 11.0. The molecule has 0 aromatic carbocycles. The largest absolute Gasteiger partial charge is 0.481 e. The van der Waals surface area contributed by atoms with E-state index in [0.29, 0.717) is 37.8 Å². The number of carbonyl (C=O) groups is 1. The topological polar surface area (TPSA) is 97.0 Å². The molecule has 21 heavy (non-hydrogen) atoms. The van der Waals surface area contributed by atoms with E-state index in [1.807, 2.05) is 11.8 Å². The molecule has 0 aliphatic carbocycles. The summed E-state index contributed by atoms with van der Waals surface area (Å²) in [6.45, 7) is 3.16. The monoisotopic (exact) mass is 288 g/mol. The zero-order valence-electron chi connectivity index (χ0n) is 11.7. The smallest absolute Gasteiger partial charge is 0.306 e. The SMILES string of the molecule is Cc1nccn1-c1ncnc(N2CCC(C(=O)O)CC2)n1. The predicted octanol–water partition coefficient (Wildman–Crippen LogP) is 0.667. The van der Waals surface area contributed by atoms with Gasteiger partial charge in [-0.2, -0.15) is 4.98 Å². The molecule has 110 valence electrons. The van der Waals surface area contributed by atoms with Crippen LogP contribution in [0.15, 0.2) is 18.7 Å². The maximum atomic E-state index is 11.0. The molecule has 1 aliphatic rings. The van der Waals surface area contributed by atoms with Gasteiger partial charge in [0.05, 0.1) is 5.92 Å². The lowest BCUT2D eigenvalue weighted by Gasteiger charge is -2.29. The predicted molar refractivity (Wildman–Crippen MR) is 74.3 cm³/mol. The van der Waals surface area contributed by atoms with Crippen LogP contribution in [0.5, 0.6) is 0 Å². The Balaban J connectivity index is 1.78. The average Bonchev–Trinajstić information content (AvgIpc) is 2.94. The number of aliphatic carboxylic acids is 1. The van der Waals surface area contributed by atoms with E-state index >= 15 is 0 Å². The van der Waals surface area contributed by atoms with Gasteiger partial charge in [-0.25, -0.2) is 15.0 Å². The van der Waals surface area contributed by atoms with E-state index in [9.17, 15) is 4.79 Å². The highest BCUT2D eigenvalue weighted by atomic mass is 16.4. The van der Waals surface area contributed by atoms with Gasteiger partial charge in [0.1, 0.15) is 12.2 Å². The average molecular weight is 288 g/mol. The molecular weight excluding hydrogens is 272 g/mol. The van der Waals surface area contributed by atoms with E-state index in [2.05, 4.69) is 19.9 Å². The van der Waals surface area contributed by atoms with Gasteiger partial charge >= 0.3 is 5.97 Å². The molecule has 2 aromatic heterocycles. The second kappa shape index (κ2) is 5.47. The van der Waals surface area contributed by atoms with Crippen molar-refractivity contribution in [2.45, 2.75) is 19.8 Å². The quantitative estimate of drug-likeness (QED) is 0.886. The summed E-state index contributed by atoms with van der Waals surface area (Å²) < 4.78 is 1.79. The molecule has 1 N–H and O–H groups in total. The molecule has 0 radical (unpaired) electrons. The third-order valence-corrected chi connectivity index (χ3v) is 3.71. The van der Waals surface area contributed by atoms with Gasteiger partial charge in [-0.15, -0.1) is 0 Å². The van der Waals surface area contributed by atoms with Crippen LogP contribution in [0.25, 0.3) is 5.95 Å². The molecule has 0 atom stereocenters. The first-order valence-electron chi connectivity index (χ1n) is 6.82. The van der Waals surface area contributed by atoms with Crippen molar-refractivity contribution in [3.8, 4) is 5.95 Å². The summed E-state index contributed by atoms with van der Waals surface area (Å²) in [6, 6.07) is 0. The lowest BCUT2D eigenvalue weighted by atomic mass is 9.97. The first kappa shape index (κ1) is 13.5. The number of aryl methyl sites for hydroxylation is 1. The molecule has 0 bridgehead atoms. The van der Waals surface area contributed by atoms with Gasteiger partial charge in [-0.1, -0.05) is 0 Å². The number of nitrogens with zero attached hydrogens (tertiary/aromatic N) is 6. The van der Waals surface area contributed by atoms with Crippen molar-refractivity contribution < 1.29 is 9.90 Å². The Kier molecular flexibility index (Phi) is 3.51. The number of rotatable bonds is 3. The third kappa shape index (κ3) is 2.69. The highest BCUT2D eigenvalue weighted by Crippen LogP contribution is 2.20. The number of imidazole rings is 1. The van der Waals surface area contributed by atoms with Crippen LogP contribution in [-0.2, 0) is 4.79 Å². The summed E-state index contributed by atoms with van der Waals surface area (Å²) in [7, 11) is 0. The van der Waals surface area contributed by atoms with Crippen molar-refractivity contribution in [3.63, 3.8) is 0 Å². The molecule has 1 saturated heterocycles. The molecule has 8 heteroatoms. The number of carboxylic acids is 1. The Hall–Kier alpha value is -2.51. The van der Waals surface area contributed by atoms with E-state index < -0.39 is 5.97 Å². The number of hydrogen-bond donors (Lipinski definition) is 1. The molecule has 0 unspecified atom stereocenters. The lowest BCUT2D eigenvalue weighted by molar-refractivity contribution is -0.142. The highest BCUT2D eigenvalue weighted by Gasteiger charge is 2.25. The van der Waals surface area contributed by atoms with Crippen molar-refractivity contribution in [2.24, 2.45) is 5.92 Å². The van der Waals surface area contributed by atoms with Gasteiger partial charge in [-0.05, 0) is 19.8 Å². The lowest BCUT2D eigenvalue weighted by Crippen LogP contribution is -2.37. The van der Waals surface area contributed by atoms with Crippen LogP contribution in [0, 0.1) is 12.8 Å². The fourth-order valence-electron chi connectivity index (χ4n) is 2.46. The Morgan fingerprint density at radius 2 is 1.95 bits per heavy atom. The van der Waals surface area contributed by atoms with E-state index in [-0.39, 0.29) is 5.92 Å². The van der Waals surface area contributed by atoms with Crippen LogP contribution in [-0.4, -0.2) is 48.7 Å². The molecule has 0 amide bonds. The van der Waals surface area contributed by atoms with Gasteiger partial charge in [0.25, 0.3) is 0 Å². The second-order valence-corrected chi connectivity index (χ2v) is 5.03. The summed E-state index contributed by atoms with van der Waals surface area (Å²) >= 11 is 0. The molecule has 0 saturated carbocycles. The molecule has 1 fully saturated rings. The van der Waals surface area contributed by atoms with Crippen LogP contribution < -0.4 is 4.90 Å². The highest BCUT2D eigenvalue weighted by molar-refractivity contribution is 5.70. The second-order valence-electron chi connectivity index (χ2n) is 5.03. The van der Waals surface area contributed by atoms with E-state index in [1.54, 1.807) is 17.0 Å². The number of anilines is 1. The first-order valence-corrected chi connectivity index (χ1v) is 6.82. The minimum absolute atomic E-state index is 0.265. The standard InChI is InChI=1S/C13H16N6O2/c1-9-14-4-7-19(9)13-16-8-15-12(17-13)18-5-2-10(3-6-18)11(20)21/h4,7-8,10H,2-3,5-6H2,1H3,(H,20,21). The number of hydrogen-bond acceptors (Lipinski definition) is 6. The zero-order chi connectivity index (χ0) is 14.8. The zero-order valence-corrected chi connectivity index (χ0v) is 11.7. The van der Waals surface area contributed by atoms with Crippen LogP contribution in [0.1, 0.15) is 18.7 Å². The van der Waals surface area contributed by atoms with E-state index in [0.717, 1.165) is 5.82 Å². The van der Waals surface area contributed by atoms with Gasteiger partial charge in [0.2, 0.25) is 11.9 Å². The summed E-state index contributed by atoms with van der Waals surface area (Å²) in [5.74, 6) is 0.919. The van der Waals surface area contributed by atoms with Crippen LogP contribution in [0.2, 0.25) is 0 Å². The molecule has 0 spiro atoms.